The summed E-state index contributed by atoms with van der Waals surface area (Å²) in [5.74, 6) is 0.839. The van der Waals surface area contributed by atoms with Crippen LogP contribution in [0.2, 0.25) is 0 Å². The number of ketones is 1. The van der Waals surface area contributed by atoms with Crippen LogP contribution in [0.4, 0.5) is 0 Å². The first-order valence-corrected chi connectivity index (χ1v) is 7.55. The smallest absolute Gasteiger partial charge is 0.186 e. The second kappa shape index (κ2) is 7.05. The Balaban J connectivity index is 2.26. The van der Waals surface area contributed by atoms with Crippen LogP contribution in [0, 0.1) is 0 Å². The van der Waals surface area contributed by atoms with Crippen molar-refractivity contribution in [2.75, 3.05) is 34.4 Å². The van der Waals surface area contributed by atoms with E-state index < -0.39 is 0 Å². The van der Waals surface area contributed by atoms with Crippen LogP contribution < -0.4 is 4.74 Å². The van der Waals surface area contributed by atoms with Gasteiger partial charge in [-0.3, -0.25) is 9.69 Å². The van der Waals surface area contributed by atoms with Gasteiger partial charge in [0.2, 0.25) is 0 Å². The Morgan fingerprint density at radius 1 is 1.19 bits per heavy atom. The number of nitrogens with zero attached hydrogens (tertiary/aromatic N) is 1. The van der Waals surface area contributed by atoms with Gasteiger partial charge in [0.05, 0.1) is 17.7 Å². The lowest BCUT2D eigenvalue weighted by Crippen LogP contribution is -2.49. The van der Waals surface area contributed by atoms with Gasteiger partial charge in [0.25, 0.3) is 0 Å². The lowest BCUT2D eigenvalue weighted by atomic mass is 9.86. The summed E-state index contributed by atoms with van der Waals surface area (Å²) in [4.78, 5) is 15.2. The predicted molar refractivity (Wildman–Crippen MR) is 83.0 cm³/mol. The fraction of sp³-hybridized carbons (Fsp3) is 0.588. The van der Waals surface area contributed by atoms with Gasteiger partial charge >= 0.3 is 0 Å². The number of carbonyl (C=O) groups is 1. The largest absolute Gasteiger partial charge is 0.490 e. The molecule has 1 saturated carbocycles. The summed E-state index contributed by atoms with van der Waals surface area (Å²) in [6.07, 6.45) is 4.06. The minimum absolute atomic E-state index is 0.179. The van der Waals surface area contributed by atoms with E-state index in [-0.39, 0.29) is 11.3 Å². The Labute approximate surface area is 127 Å². The molecule has 0 N–H and O–H groups in total. The monoisotopic (exact) mass is 291 g/mol. The molecule has 4 heteroatoms. The molecule has 1 aromatic carbocycles. The molecule has 0 radical (unpaired) electrons. The number of benzene rings is 1. The molecule has 0 amide bonds. The highest BCUT2D eigenvalue weighted by Crippen LogP contribution is 2.38. The number of hydrogen-bond acceptors (Lipinski definition) is 4. The van der Waals surface area contributed by atoms with E-state index in [4.69, 9.17) is 9.47 Å². The SMILES string of the molecule is COCCOc1ccccc1C(=O)C1(N(C)C)CCCC1. The lowest BCUT2D eigenvalue weighted by molar-refractivity contribution is 0.0687. The normalized spacial score (nSPS) is 17.1. The van der Waals surface area contributed by atoms with E-state index in [1.807, 2.05) is 38.4 Å². The third-order valence-corrected chi connectivity index (χ3v) is 4.39. The van der Waals surface area contributed by atoms with Crippen molar-refractivity contribution >= 4 is 5.78 Å². The average molecular weight is 291 g/mol. The van der Waals surface area contributed by atoms with Gasteiger partial charge in [-0.1, -0.05) is 25.0 Å². The minimum Gasteiger partial charge on any atom is -0.490 e. The molecule has 0 saturated heterocycles. The van der Waals surface area contributed by atoms with Crippen LogP contribution in [0.25, 0.3) is 0 Å². The average Bonchev–Trinajstić information content (AvgIpc) is 2.98. The van der Waals surface area contributed by atoms with Gasteiger partial charge in [-0.2, -0.15) is 0 Å². The Morgan fingerprint density at radius 3 is 2.48 bits per heavy atom. The van der Waals surface area contributed by atoms with E-state index >= 15 is 0 Å². The van der Waals surface area contributed by atoms with Crippen LogP contribution in [0.15, 0.2) is 24.3 Å². The van der Waals surface area contributed by atoms with E-state index in [9.17, 15) is 4.79 Å². The molecule has 1 fully saturated rings. The third-order valence-electron chi connectivity index (χ3n) is 4.39. The molecule has 0 atom stereocenters. The summed E-state index contributed by atoms with van der Waals surface area (Å²) in [7, 11) is 5.63. The van der Waals surface area contributed by atoms with Crippen molar-refractivity contribution < 1.29 is 14.3 Å². The molecule has 0 heterocycles. The number of methoxy groups -OCH3 is 1. The van der Waals surface area contributed by atoms with E-state index in [1.54, 1.807) is 7.11 Å². The molecule has 2 rings (SSSR count). The molecule has 1 aliphatic carbocycles. The van der Waals surface area contributed by atoms with Gasteiger partial charge in [-0.05, 0) is 39.1 Å². The molecule has 1 aliphatic rings. The molecule has 21 heavy (non-hydrogen) atoms. The van der Waals surface area contributed by atoms with Crippen molar-refractivity contribution in [2.45, 2.75) is 31.2 Å². The molecular weight excluding hydrogens is 266 g/mol. The summed E-state index contributed by atoms with van der Waals surface area (Å²) in [6.45, 7) is 0.969. The van der Waals surface area contributed by atoms with Gasteiger partial charge in [0.1, 0.15) is 12.4 Å². The fourth-order valence-corrected chi connectivity index (χ4v) is 3.10. The highest BCUT2D eigenvalue weighted by atomic mass is 16.5. The highest BCUT2D eigenvalue weighted by molar-refractivity contribution is 6.05. The zero-order valence-electron chi connectivity index (χ0n) is 13.2. The topological polar surface area (TPSA) is 38.8 Å². The summed E-state index contributed by atoms with van der Waals surface area (Å²) in [5.41, 5.74) is 0.310. The fourth-order valence-electron chi connectivity index (χ4n) is 3.10. The summed E-state index contributed by atoms with van der Waals surface area (Å²) >= 11 is 0. The summed E-state index contributed by atoms with van der Waals surface area (Å²) < 4.78 is 10.7. The van der Waals surface area contributed by atoms with E-state index in [0.717, 1.165) is 25.7 Å². The van der Waals surface area contributed by atoms with Crippen molar-refractivity contribution in [3.05, 3.63) is 29.8 Å². The van der Waals surface area contributed by atoms with E-state index in [1.165, 1.54) is 0 Å². The Bertz CT molecular complexity index is 479. The zero-order valence-corrected chi connectivity index (χ0v) is 13.2. The molecule has 0 aromatic heterocycles. The van der Waals surface area contributed by atoms with Crippen LogP contribution in [0.5, 0.6) is 5.75 Å². The first kappa shape index (κ1) is 16.0. The molecule has 0 unspecified atom stereocenters. The number of likely N-dealkylation sites (N-methyl/N-ethyl adjacent to an activating group) is 1. The molecule has 1 aromatic rings. The van der Waals surface area contributed by atoms with Crippen molar-refractivity contribution in [3.63, 3.8) is 0 Å². The van der Waals surface area contributed by atoms with Gasteiger partial charge < -0.3 is 9.47 Å². The standard InChI is InChI=1S/C17H25NO3/c1-18(2)17(10-6-7-11-17)16(19)14-8-4-5-9-15(14)21-13-12-20-3/h4-5,8-9H,6-7,10-13H2,1-3H3. The van der Waals surface area contributed by atoms with Gasteiger partial charge in [-0.15, -0.1) is 0 Å². The maximum Gasteiger partial charge on any atom is 0.186 e. The van der Waals surface area contributed by atoms with Crippen molar-refractivity contribution in [1.29, 1.82) is 0 Å². The number of carbonyl (C=O) groups excluding carboxylic acids is 1. The van der Waals surface area contributed by atoms with Crippen molar-refractivity contribution in [2.24, 2.45) is 0 Å². The van der Waals surface area contributed by atoms with Gasteiger partial charge in [-0.25, -0.2) is 0 Å². The number of para-hydroxylation sites is 1. The Hall–Kier alpha value is -1.39. The van der Waals surface area contributed by atoms with Crippen LogP contribution in [0.1, 0.15) is 36.0 Å². The van der Waals surface area contributed by atoms with Crippen LogP contribution in [0.3, 0.4) is 0 Å². The second-order valence-corrected chi connectivity index (χ2v) is 5.80. The van der Waals surface area contributed by atoms with Gasteiger partial charge in [0.15, 0.2) is 5.78 Å². The van der Waals surface area contributed by atoms with Crippen molar-refractivity contribution in [3.8, 4) is 5.75 Å². The number of hydrogen-bond donors (Lipinski definition) is 0. The van der Waals surface area contributed by atoms with E-state index in [2.05, 4.69) is 4.90 Å². The van der Waals surface area contributed by atoms with Crippen LogP contribution in [-0.4, -0.2) is 50.6 Å². The number of Topliss-reactive ketones (excluding diaryl/α,β-unsaturated/α-hetero) is 1. The Morgan fingerprint density at radius 2 is 1.86 bits per heavy atom. The first-order valence-electron chi connectivity index (χ1n) is 7.55. The van der Waals surface area contributed by atoms with Crippen LogP contribution >= 0.6 is 0 Å². The zero-order chi connectivity index (χ0) is 15.3. The highest BCUT2D eigenvalue weighted by Gasteiger charge is 2.44. The lowest BCUT2D eigenvalue weighted by Gasteiger charge is -2.35. The van der Waals surface area contributed by atoms with Crippen LogP contribution in [-0.2, 0) is 4.74 Å². The summed E-state index contributed by atoms with van der Waals surface area (Å²) in [6, 6.07) is 7.53. The van der Waals surface area contributed by atoms with Crippen molar-refractivity contribution in [1.82, 2.24) is 4.90 Å². The quantitative estimate of drug-likeness (QED) is 0.572. The van der Waals surface area contributed by atoms with Gasteiger partial charge in [0, 0.05) is 7.11 Å². The molecule has 0 aliphatic heterocycles. The first-order chi connectivity index (χ1) is 10.1. The summed E-state index contributed by atoms with van der Waals surface area (Å²) in [5, 5.41) is 0. The second-order valence-electron chi connectivity index (χ2n) is 5.80. The molecule has 0 bridgehead atoms. The number of ether oxygens (including phenoxy) is 2. The maximum atomic E-state index is 13.1. The van der Waals surface area contributed by atoms with E-state index in [0.29, 0.717) is 24.5 Å². The maximum absolute atomic E-state index is 13.1. The third kappa shape index (κ3) is 3.27. The Kier molecular flexibility index (Phi) is 5.37. The molecule has 4 nitrogen and oxygen atoms in total. The molecule has 116 valence electrons. The molecule has 0 spiro atoms. The minimum atomic E-state index is -0.374. The predicted octanol–water partition coefficient (Wildman–Crippen LogP) is 2.77. The number of rotatable bonds is 7. The molecular formula is C17H25NO3.